The normalized spacial score (nSPS) is 22.3. The van der Waals surface area contributed by atoms with Crippen molar-refractivity contribution in [2.75, 3.05) is 6.54 Å². The molecule has 1 atom stereocenters. The second-order valence-corrected chi connectivity index (χ2v) is 3.33. The van der Waals surface area contributed by atoms with E-state index in [0.29, 0.717) is 5.92 Å². The Morgan fingerprint density at radius 2 is 2.42 bits per heavy atom. The highest BCUT2D eigenvalue weighted by molar-refractivity contribution is 7.80. The van der Waals surface area contributed by atoms with Crippen LogP contribution in [0.15, 0.2) is 18.6 Å². The number of hydrogen-bond donors (Lipinski definition) is 1. The quantitative estimate of drug-likeness (QED) is 0.649. The van der Waals surface area contributed by atoms with Crippen molar-refractivity contribution in [3.8, 4) is 0 Å². The molecule has 1 saturated heterocycles. The van der Waals surface area contributed by atoms with E-state index in [1.165, 1.54) is 0 Å². The van der Waals surface area contributed by atoms with Gasteiger partial charge in [-0.25, -0.2) is 0 Å². The zero-order chi connectivity index (χ0) is 8.39. The van der Waals surface area contributed by atoms with Gasteiger partial charge in [0.1, 0.15) is 0 Å². The first-order chi connectivity index (χ1) is 5.86. The third-order valence-corrected chi connectivity index (χ3v) is 2.29. The van der Waals surface area contributed by atoms with E-state index >= 15 is 0 Å². The standard InChI is InChI=1S/C8H9N3S/c12-8-3-6(4-11-8)7-5-9-1-2-10-7/h1-2,5-6H,3-4H2,(H,11,12)/t6-/m0/s1. The van der Waals surface area contributed by atoms with Crippen LogP contribution in [0.4, 0.5) is 0 Å². The average molecular weight is 179 g/mol. The lowest BCUT2D eigenvalue weighted by atomic mass is 10.1. The molecule has 3 nitrogen and oxygen atoms in total. The van der Waals surface area contributed by atoms with Gasteiger partial charge in [-0.2, -0.15) is 0 Å². The third-order valence-electron chi connectivity index (χ3n) is 1.98. The Balaban J connectivity index is 2.16. The van der Waals surface area contributed by atoms with Gasteiger partial charge in [-0.3, -0.25) is 9.97 Å². The van der Waals surface area contributed by atoms with Crippen molar-refractivity contribution >= 4 is 17.2 Å². The Bertz CT molecular complexity index is 286. The van der Waals surface area contributed by atoms with Gasteiger partial charge < -0.3 is 5.32 Å². The van der Waals surface area contributed by atoms with E-state index < -0.39 is 0 Å². The van der Waals surface area contributed by atoms with Crippen LogP contribution in [0.25, 0.3) is 0 Å². The summed E-state index contributed by atoms with van der Waals surface area (Å²) in [6, 6.07) is 0. The molecule has 0 saturated carbocycles. The van der Waals surface area contributed by atoms with Gasteiger partial charge in [0.15, 0.2) is 0 Å². The summed E-state index contributed by atoms with van der Waals surface area (Å²) < 4.78 is 0. The minimum absolute atomic E-state index is 0.422. The summed E-state index contributed by atoms with van der Waals surface area (Å²) in [4.78, 5) is 9.19. The molecule has 12 heavy (non-hydrogen) atoms. The first-order valence-electron chi connectivity index (χ1n) is 3.89. The van der Waals surface area contributed by atoms with Gasteiger partial charge in [-0.15, -0.1) is 0 Å². The predicted octanol–water partition coefficient (Wildman–Crippen LogP) is 0.881. The topological polar surface area (TPSA) is 37.8 Å². The molecular weight excluding hydrogens is 170 g/mol. The van der Waals surface area contributed by atoms with Crippen molar-refractivity contribution in [3.05, 3.63) is 24.3 Å². The van der Waals surface area contributed by atoms with Gasteiger partial charge in [0.25, 0.3) is 0 Å². The highest BCUT2D eigenvalue weighted by atomic mass is 32.1. The number of nitrogens with zero attached hydrogens (tertiary/aromatic N) is 2. The number of rotatable bonds is 1. The molecule has 0 aliphatic carbocycles. The minimum atomic E-state index is 0.422. The molecule has 0 bridgehead atoms. The molecule has 1 aliphatic heterocycles. The van der Waals surface area contributed by atoms with Crippen LogP contribution in [-0.4, -0.2) is 21.5 Å². The molecule has 0 aromatic carbocycles. The van der Waals surface area contributed by atoms with Gasteiger partial charge in [0, 0.05) is 37.5 Å². The molecule has 0 unspecified atom stereocenters. The van der Waals surface area contributed by atoms with E-state index in [1.54, 1.807) is 18.6 Å². The van der Waals surface area contributed by atoms with E-state index in [1.807, 2.05) is 0 Å². The maximum Gasteiger partial charge on any atom is 0.0761 e. The lowest BCUT2D eigenvalue weighted by Crippen LogP contribution is -2.12. The molecule has 2 rings (SSSR count). The maximum atomic E-state index is 5.04. The van der Waals surface area contributed by atoms with Crippen molar-refractivity contribution < 1.29 is 0 Å². The largest absolute Gasteiger partial charge is 0.379 e. The molecule has 0 radical (unpaired) electrons. The second-order valence-electron chi connectivity index (χ2n) is 2.84. The molecule has 0 spiro atoms. The number of nitrogens with one attached hydrogen (secondary N) is 1. The van der Waals surface area contributed by atoms with Crippen molar-refractivity contribution in [2.24, 2.45) is 0 Å². The molecule has 0 amide bonds. The third kappa shape index (κ3) is 1.43. The van der Waals surface area contributed by atoms with Crippen LogP contribution in [0.3, 0.4) is 0 Å². The number of hydrogen-bond acceptors (Lipinski definition) is 3. The van der Waals surface area contributed by atoms with Gasteiger partial charge in [-0.05, 0) is 0 Å². The van der Waals surface area contributed by atoms with E-state index in [9.17, 15) is 0 Å². The van der Waals surface area contributed by atoms with Crippen molar-refractivity contribution in [1.29, 1.82) is 0 Å². The average Bonchev–Trinajstić information content (AvgIpc) is 2.54. The second kappa shape index (κ2) is 3.15. The van der Waals surface area contributed by atoms with Crippen LogP contribution >= 0.6 is 12.2 Å². The fourth-order valence-corrected chi connectivity index (χ4v) is 1.62. The zero-order valence-electron chi connectivity index (χ0n) is 6.53. The number of thiocarbonyl (C=S) groups is 1. The summed E-state index contributed by atoms with van der Waals surface area (Å²) in [5.41, 5.74) is 1.03. The Hall–Kier alpha value is -1.03. The van der Waals surface area contributed by atoms with Crippen molar-refractivity contribution in [3.63, 3.8) is 0 Å². The van der Waals surface area contributed by atoms with Crippen LogP contribution in [0.2, 0.25) is 0 Å². The molecule has 4 heteroatoms. The van der Waals surface area contributed by atoms with Crippen molar-refractivity contribution in [2.45, 2.75) is 12.3 Å². The fraction of sp³-hybridized carbons (Fsp3) is 0.375. The molecule has 62 valence electrons. The smallest absolute Gasteiger partial charge is 0.0761 e. The summed E-state index contributed by atoms with van der Waals surface area (Å²) >= 11 is 5.04. The first-order valence-corrected chi connectivity index (χ1v) is 4.29. The predicted molar refractivity (Wildman–Crippen MR) is 50.0 cm³/mol. The Morgan fingerprint density at radius 1 is 1.50 bits per heavy atom. The van der Waals surface area contributed by atoms with Crippen LogP contribution < -0.4 is 5.32 Å². The maximum absolute atomic E-state index is 5.04. The van der Waals surface area contributed by atoms with Gasteiger partial charge in [0.2, 0.25) is 0 Å². The summed E-state index contributed by atoms with van der Waals surface area (Å²) in [5.74, 6) is 0.422. The first kappa shape index (κ1) is 7.61. The van der Waals surface area contributed by atoms with Gasteiger partial charge in [0.05, 0.1) is 10.7 Å². The molecule has 1 aromatic rings. The van der Waals surface area contributed by atoms with Gasteiger partial charge >= 0.3 is 0 Å². The van der Waals surface area contributed by atoms with Crippen LogP contribution in [0.1, 0.15) is 18.0 Å². The SMILES string of the molecule is S=C1C[C@H](c2cnccn2)CN1. The highest BCUT2D eigenvalue weighted by Crippen LogP contribution is 2.20. The lowest BCUT2D eigenvalue weighted by molar-refractivity contribution is 0.730. The molecule has 1 fully saturated rings. The Labute approximate surface area is 76.2 Å². The Kier molecular flexibility index (Phi) is 1.99. The molecular formula is C8H9N3S. The molecule has 1 aliphatic rings. The summed E-state index contributed by atoms with van der Waals surface area (Å²) in [5, 5.41) is 3.13. The van der Waals surface area contributed by atoms with Crippen molar-refractivity contribution in [1.82, 2.24) is 15.3 Å². The minimum Gasteiger partial charge on any atom is -0.379 e. The van der Waals surface area contributed by atoms with E-state index in [-0.39, 0.29) is 0 Å². The fourth-order valence-electron chi connectivity index (χ4n) is 1.34. The lowest BCUT2D eigenvalue weighted by Gasteiger charge is -2.03. The monoisotopic (exact) mass is 179 g/mol. The molecule has 1 aromatic heterocycles. The molecule has 1 N–H and O–H groups in total. The highest BCUT2D eigenvalue weighted by Gasteiger charge is 2.21. The van der Waals surface area contributed by atoms with Crippen LogP contribution in [-0.2, 0) is 0 Å². The van der Waals surface area contributed by atoms with Crippen LogP contribution in [0.5, 0.6) is 0 Å². The van der Waals surface area contributed by atoms with Crippen LogP contribution in [0, 0.1) is 0 Å². The zero-order valence-corrected chi connectivity index (χ0v) is 7.34. The summed E-state index contributed by atoms with van der Waals surface area (Å²) in [7, 11) is 0. The number of aromatic nitrogens is 2. The summed E-state index contributed by atoms with van der Waals surface area (Å²) in [6.07, 6.45) is 6.12. The molecule has 2 heterocycles. The van der Waals surface area contributed by atoms with E-state index in [4.69, 9.17) is 12.2 Å². The van der Waals surface area contributed by atoms with E-state index in [2.05, 4.69) is 15.3 Å². The summed E-state index contributed by atoms with van der Waals surface area (Å²) in [6.45, 7) is 0.900. The Morgan fingerprint density at radius 3 is 3.00 bits per heavy atom. The van der Waals surface area contributed by atoms with E-state index in [0.717, 1.165) is 23.6 Å². The van der Waals surface area contributed by atoms with Gasteiger partial charge in [-0.1, -0.05) is 12.2 Å².